The van der Waals surface area contributed by atoms with Crippen molar-refractivity contribution in [3.05, 3.63) is 207 Å². The van der Waals surface area contributed by atoms with Crippen LogP contribution in [0.2, 0.25) is 0 Å². The molecule has 0 fully saturated rings. The Morgan fingerprint density at radius 2 is 0.843 bits per heavy atom. The van der Waals surface area contributed by atoms with E-state index in [1.54, 1.807) is 0 Å². The molecule has 1 aliphatic carbocycles. The zero-order chi connectivity index (χ0) is 50.2. The van der Waals surface area contributed by atoms with Crippen molar-refractivity contribution >= 4 is 3.21 Å². The fraction of sp³-hybridized carbons (Fsp3) is 0.236. The third kappa shape index (κ3) is 14.0. The van der Waals surface area contributed by atoms with Crippen molar-refractivity contribution in [2.45, 2.75) is 83.5 Å². The molecule has 0 saturated heterocycles. The monoisotopic (exact) mass is 1090 g/mol. The maximum atomic E-state index is 13.0. The maximum Gasteiger partial charge on any atom is -0.172 e. The van der Waals surface area contributed by atoms with Crippen molar-refractivity contribution in [3.63, 3.8) is 0 Å². The van der Waals surface area contributed by atoms with Crippen molar-refractivity contribution in [2.24, 2.45) is 0 Å². The Kier molecular flexibility index (Phi) is 18.0. The van der Waals surface area contributed by atoms with Crippen molar-refractivity contribution in [1.82, 2.24) is 0 Å². The van der Waals surface area contributed by atoms with E-state index in [-0.39, 0.29) is 96.3 Å². The van der Waals surface area contributed by atoms with Gasteiger partial charge in [0, 0.05) is 0 Å². The van der Waals surface area contributed by atoms with Gasteiger partial charge in [-0.25, -0.2) is 12.1 Å². The van der Waals surface area contributed by atoms with Crippen LogP contribution in [0.3, 0.4) is 0 Å². The number of rotatable bonds is 4. The largest absolute Gasteiger partial charge is 1.00 e. The summed E-state index contributed by atoms with van der Waals surface area (Å²) in [6, 6.07) is 43.4. The summed E-state index contributed by atoms with van der Waals surface area (Å²) in [5, 5.41) is 0. The van der Waals surface area contributed by atoms with E-state index in [1.165, 1.54) is 55.6 Å². The fourth-order valence-electron chi connectivity index (χ4n) is 7.79. The van der Waals surface area contributed by atoms with Crippen LogP contribution in [0.5, 0.6) is 0 Å². The molecule has 7 aromatic rings. The molecular formula is C55H44Cl2F12Zr-2. The van der Waals surface area contributed by atoms with Crippen LogP contribution in [-0.4, -0.2) is 3.21 Å². The van der Waals surface area contributed by atoms with Gasteiger partial charge in [-0.15, -0.1) is 28.8 Å². The van der Waals surface area contributed by atoms with Gasteiger partial charge in [-0.3, -0.25) is 0 Å². The van der Waals surface area contributed by atoms with Crippen LogP contribution in [0.25, 0.3) is 33.4 Å². The average molecular weight is 1100 g/mol. The van der Waals surface area contributed by atoms with Gasteiger partial charge in [0.2, 0.25) is 0 Å². The average Bonchev–Trinajstić information content (AvgIpc) is 3.96. The smallest absolute Gasteiger partial charge is 0.172 e. The first-order valence-electron chi connectivity index (χ1n) is 21.2. The van der Waals surface area contributed by atoms with Gasteiger partial charge in [-0.2, -0.15) is 18.2 Å². The maximum absolute atomic E-state index is 13.0. The number of hydrogen-bond donors (Lipinski definition) is 0. The fourth-order valence-corrected chi connectivity index (χ4v) is 8.50. The number of benzene rings is 6. The van der Waals surface area contributed by atoms with E-state index < -0.39 is 61.3 Å². The third-order valence-electron chi connectivity index (χ3n) is 11.1. The SMILES string of the molecule is CC(C)(C)c1cc2c([c-]c1-c1ccccc1)Cc1cc(-c3ccccc3)c(C(C)(C)C)cc1-2.FC(F)(F)c1cc([C](=[Zr+2])c2cc(C(F)(F)F)cc(C(F)(F)F)c2)cc(C(F)(F)F)c1.[Cl-].[Cl-].c1cc[cH-]c1. The van der Waals surface area contributed by atoms with Gasteiger partial charge in [0.25, 0.3) is 0 Å². The molecule has 0 spiro atoms. The molecule has 0 bridgehead atoms. The molecule has 15 heteroatoms. The minimum atomic E-state index is -5.22. The van der Waals surface area contributed by atoms with E-state index >= 15 is 0 Å². The second-order valence-electron chi connectivity index (χ2n) is 18.3. The zero-order valence-corrected chi connectivity index (χ0v) is 42.3. The topological polar surface area (TPSA) is 0 Å². The summed E-state index contributed by atoms with van der Waals surface area (Å²) in [7, 11) is 0. The third-order valence-corrected chi connectivity index (χ3v) is 12.6. The summed E-state index contributed by atoms with van der Waals surface area (Å²) in [5.74, 6) is 0. The first-order chi connectivity index (χ1) is 31.4. The van der Waals surface area contributed by atoms with Gasteiger partial charge in [-0.1, -0.05) is 131 Å². The van der Waals surface area contributed by atoms with Gasteiger partial charge in [0.05, 0.1) is 0 Å². The van der Waals surface area contributed by atoms with Gasteiger partial charge in [0.15, 0.2) is 0 Å². The van der Waals surface area contributed by atoms with E-state index in [0.29, 0.717) is 0 Å². The second-order valence-corrected chi connectivity index (χ2v) is 19.6. The number of fused-ring (bicyclic) bond motifs is 3. The molecule has 1 aliphatic rings. The van der Waals surface area contributed by atoms with E-state index in [9.17, 15) is 52.7 Å². The Morgan fingerprint density at radius 1 is 0.457 bits per heavy atom. The van der Waals surface area contributed by atoms with E-state index in [2.05, 4.69) is 126 Å². The summed E-state index contributed by atoms with van der Waals surface area (Å²) in [5.41, 5.74) is 4.96. The Hall–Kier alpha value is -4.84. The van der Waals surface area contributed by atoms with Crippen LogP contribution in [0.1, 0.15) is 97.2 Å². The Labute approximate surface area is 426 Å². The molecule has 0 nitrogen and oxygen atoms in total. The summed E-state index contributed by atoms with van der Waals surface area (Å²) in [6.07, 6.45) is -20.0. The molecule has 0 amide bonds. The molecule has 0 heterocycles. The standard InChI is InChI=1S/C33H33.C17H6F12.C5H5.2ClH.Zr/c1-32(2,3)30-20-26-24(18-28(30)22-13-9-7-10-14-22)17-25-19-29(23-15-11-8-12-16-23)31(21-27(25)26)33(4,5)6;18-14(19,20)10-2-8(3-11(6-10)15(21,22)23)1-9-4-12(16(24,25)26)7-13(5-9)17(27,28)29;1-2-4-5-3-1;;;/h7-16,18,20-21H,17H2,1-6H3;2-7H;1-5H;2*1H;/q-1;;-1;;;+2/p-2. The Bertz CT molecular complexity index is 2620. The molecule has 0 N–H and O–H groups in total. The predicted octanol–water partition coefficient (Wildman–Crippen LogP) is 11.3. The zero-order valence-electron chi connectivity index (χ0n) is 38.4. The van der Waals surface area contributed by atoms with Crippen LogP contribution in [0.15, 0.2) is 146 Å². The molecule has 0 aromatic heterocycles. The molecule has 368 valence electrons. The van der Waals surface area contributed by atoms with Crippen LogP contribution in [-0.2, 0) is 66.2 Å². The van der Waals surface area contributed by atoms with Crippen molar-refractivity contribution in [1.29, 1.82) is 0 Å². The molecule has 0 unspecified atom stereocenters. The van der Waals surface area contributed by atoms with Crippen molar-refractivity contribution in [3.8, 4) is 33.4 Å². The minimum absolute atomic E-state index is 0. The van der Waals surface area contributed by atoms with Gasteiger partial charge in [0.1, 0.15) is 0 Å². The van der Waals surface area contributed by atoms with E-state index in [4.69, 9.17) is 0 Å². The number of hydrogen-bond acceptors (Lipinski definition) is 0. The molecule has 0 atom stereocenters. The molecule has 8 rings (SSSR count). The molecule has 7 aromatic carbocycles. The minimum Gasteiger partial charge on any atom is -1.00 e. The van der Waals surface area contributed by atoms with Crippen molar-refractivity contribution < 1.29 is 102 Å². The molecule has 70 heavy (non-hydrogen) atoms. The normalized spacial score (nSPS) is 12.5. The van der Waals surface area contributed by atoms with Gasteiger partial charge in [-0.05, 0) is 39.5 Å². The second kappa shape index (κ2) is 21.9. The summed E-state index contributed by atoms with van der Waals surface area (Å²) in [4.78, 5) is 0. The Balaban J connectivity index is 0.000000270. The first kappa shape index (κ1) is 57.7. The van der Waals surface area contributed by atoms with Crippen LogP contribution in [0, 0.1) is 6.07 Å². The first-order valence-corrected chi connectivity index (χ1v) is 22.4. The molecular weight excluding hydrogens is 1050 g/mol. The quantitative estimate of drug-likeness (QED) is 0.122. The summed E-state index contributed by atoms with van der Waals surface area (Å²) >= 11 is -0.00108. The van der Waals surface area contributed by atoms with E-state index in [0.717, 1.165) is 6.42 Å². The van der Waals surface area contributed by atoms with Crippen molar-refractivity contribution in [2.75, 3.05) is 0 Å². The van der Waals surface area contributed by atoms with E-state index in [1.807, 2.05) is 30.3 Å². The number of halogens is 14. The summed E-state index contributed by atoms with van der Waals surface area (Å²) < 4.78 is 155. The van der Waals surface area contributed by atoms with Crippen LogP contribution < -0.4 is 24.8 Å². The van der Waals surface area contributed by atoms with Crippen LogP contribution >= 0.6 is 0 Å². The number of alkyl halides is 12. The predicted molar refractivity (Wildman–Crippen MR) is 240 cm³/mol. The van der Waals surface area contributed by atoms with Gasteiger partial charge < -0.3 is 24.8 Å². The molecule has 0 saturated carbocycles. The molecule has 0 radical (unpaired) electrons. The van der Waals surface area contributed by atoms with Crippen LogP contribution in [0.4, 0.5) is 52.7 Å². The Morgan fingerprint density at radius 3 is 1.20 bits per heavy atom. The summed E-state index contributed by atoms with van der Waals surface area (Å²) in [6.45, 7) is 13.9. The van der Waals surface area contributed by atoms with Gasteiger partial charge >= 0.3 is 175 Å². The molecule has 0 aliphatic heterocycles.